The Kier molecular flexibility index (Phi) is 4.36. The number of H-pyrrole nitrogens is 1. The van der Waals surface area contributed by atoms with Gasteiger partial charge in [0.25, 0.3) is 11.3 Å². The lowest BCUT2D eigenvalue weighted by Gasteiger charge is -2.32. The van der Waals surface area contributed by atoms with Crippen LogP contribution in [-0.2, 0) is 13.0 Å². The number of rotatable bonds is 4. The van der Waals surface area contributed by atoms with E-state index >= 15 is 0 Å². The number of aromatic nitrogens is 4. The van der Waals surface area contributed by atoms with E-state index in [-0.39, 0.29) is 5.56 Å². The third kappa shape index (κ3) is 3.35. The van der Waals surface area contributed by atoms with Crippen LogP contribution in [0.5, 0.6) is 0 Å². The summed E-state index contributed by atoms with van der Waals surface area (Å²) in [7, 11) is 0. The molecule has 0 spiro atoms. The van der Waals surface area contributed by atoms with Gasteiger partial charge in [0.1, 0.15) is 6.33 Å². The van der Waals surface area contributed by atoms with Crippen LogP contribution in [0.1, 0.15) is 29.7 Å². The van der Waals surface area contributed by atoms with E-state index in [4.69, 9.17) is 0 Å². The third-order valence-corrected chi connectivity index (χ3v) is 5.18. The Hall–Kier alpha value is -2.47. The van der Waals surface area contributed by atoms with Gasteiger partial charge in [-0.25, -0.2) is 9.97 Å². The van der Waals surface area contributed by atoms with Crippen LogP contribution in [0.25, 0.3) is 5.78 Å². The minimum atomic E-state index is -0.00767. The van der Waals surface area contributed by atoms with E-state index in [9.17, 15) is 4.79 Å². The average molecular weight is 337 g/mol. The largest absolute Gasteiger partial charge is 0.299 e. The minimum absolute atomic E-state index is 0.00767. The highest BCUT2D eigenvalue weighted by molar-refractivity contribution is 5.30. The van der Waals surface area contributed by atoms with Crippen molar-refractivity contribution in [2.75, 3.05) is 13.1 Å². The number of hydrogen-bond acceptors (Lipinski definition) is 4. The second kappa shape index (κ2) is 6.80. The summed E-state index contributed by atoms with van der Waals surface area (Å²) in [5.74, 6) is 0.991. The molecule has 3 heterocycles. The zero-order valence-electron chi connectivity index (χ0n) is 14.5. The number of fused-ring (bicyclic) bond motifs is 1. The van der Waals surface area contributed by atoms with Crippen LogP contribution in [0.15, 0.2) is 41.5 Å². The van der Waals surface area contributed by atoms with E-state index in [0.717, 1.165) is 50.2 Å². The van der Waals surface area contributed by atoms with Crippen molar-refractivity contribution in [2.45, 2.75) is 32.7 Å². The second-order valence-electron chi connectivity index (χ2n) is 6.91. The molecular weight excluding hydrogens is 314 g/mol. The molecule has 1 N–H and O–H groups in total. The summed E-state index contributed by atoms with van der Waals surface area (Å²) in [5, 5.41) is 2.85. The fraction of sp³-hybridized carbons (Fsp3) is 0.421. The number of likely N-dealkylation sites (tertiary alicyclic amines) is 1. The summed E-state index contributed by atoms with van der Waals surface area (Å²) in [4.78, 5) is 23.6. The van der Waals surface area contributed by atoms with Crippen molar-refractivity contribution >= 4 is 5.78 Å². The molecule has 25 heavy (non-hydrogen) atoms. The van der Waals surface area contributed by atoms with Gasteiger partial charge in [-0.3, -0.25) is 14.8 Å². The minimum Gasteiger partial charge on any atom is -0.299 e. The maximum absolute atomic E-state index is 12.6. The number of benzene rings is 1. The van der Waals surface area contributed by atoms with Gasteiger partial charge < -0.3 is 0 Å². The lowest BCUT2D eigenvalue weighted by atomic mass is 9.90. The van der Waals surface area contributed by atoms with Gasteiger partial charge in [-0.2, -0.15) is 4.52 Å². The second-order valence-corrected chi connectivity index (χ2v) is 6.91. The van der Waals surface area contributed by atoms with E-state index < -0.39 is 0 Å². The first-order valence-electron chi connectivity index (χ1n) is 8.88. The molecule has 0 radical (unpaired) electrons. The Labute approximate surface area is 146 Å². The Morgan fingerprint density at radius 3 is 2.72 bits per heavy atom. The molecule has 0 unspecified atom stereocenters. The number of piperidine rings is 1. The lowest BCUT2D eigenvalue weighted by Crippen LogP contribution is -2.35. The van der Waals surface area contributed by atoms with E-state index in [1.165, 1.54) is 16.4 Å². The van der Waals surface area contributed by atoms with Gasteiger partial charge >= 0.3 is 0 Å². The maximum atomic E-state index is 12.6. The summed E-state index contributed by atoms with van der Waals surface area (Å²) in [6.45, 7) is 5.09. The zero-order chi connectivity index (χ0) is 17.2. The van der Waals surface area contributed by atoms with Crippen molar-refractivity contribution in [3.05, 3.63) is 63.8 Å². The van der Waals surface area contributed by atoms with Gasteiger partial charge in [0.15, 0.2) is 0 Å². The van der Waals surface area contributed by atoms with Gasteiger partial charge in [0.2, 0.25) is 0 Å². The highest BCUT2D eigenvalue weighted by Gasteiger charge is 2.22. The van der Waals surface area contributed by atoms with E-state index in [0.29, 0.717) is 11.7 Å². The molecule has 0 bridgehead atoms. The van der Waals surface area contributed by atoms with Crippen LogP contribution in [0.4, 0.5) is 0 Å². The van der Waals surface area contributed by atoms with E-state index in [2.05, 4.69) is 50.3 Å². The molecule has 3 aromatic rings. The molecule has 1 aliphatic rings. The number of aromatic amines is 1. The van der Waals surface area contributed by atoms with E-state index in [1.54, 1.807) is 0 Å². The van der Waals surface area contributed by atoms with Crippen LogP contribution in [0.3, 0.4) is 0 Å². The topological polar surface area (TPSA) is 66.3 Å². The molecule has 2 aromatic heterocycles. The van der Waals surface area contributed by atoms with Crippen LogP contribution in [0.2, 0.25) is 0 Å². The molecule has 0 atom stereocenters. The Morgan fingerprint density at radius 1 is 1.20 bits per heavy atom. The summed E-state index contributed by atoms with van der Waals surface area (Å²) in [5.41, 5.74) is 2.99. The van der Waals surface area contributed by atoms with Crippen molar-refractivity contribution in [3.63, 3.8) is 0 Å². The average Bonchev–Trinajstić information content (AvgIpc) is 3.09. The monoisotopic (exact) mass is 337 g/mol. The van der Waals surface area contributed by atoms with Crippen molar-refractivity contribution in [1.82, 2.24) is 24.5 Å². The number of aryl methyl sites for hydroxylation is 1. The third-order valence-electron chi connectivity index (χ3n) is 5.18. The molecule has 0 saturated carbocycles. The molecule has 0 aliphatic carbocycles. The van der Waals surface area contributed by atoms with Gasteiger partial charge in [0, 0.05) is 12.1 Å². The molecule has 0 amide bonds. The molecule has 6 nitrogen and oxygen atoms in total. The van der Waals surface area contributed by atoms with Gasteiger partial charge in [-0.1, -0.05) is 30.3 Å². The van der Waals surface area contributed by atoms with Gasteiger partial charge in [0.05, 0.1) is 5.69 Å². The van der Waals surface area contributed by atoms with Crippen LogP contribution in [0, 0.1) is 12.8 Å². The first kappa shape index (κ1) is 16.0. The summed E-state index contributed by atoms with van der Waals surface area (Å²) < 4.78 is 1.44. The first-order chi connectivity index (χ1) is 12.2. The lowest BCUT2D eigenvalue weighted by molar-refractivity contribution is 0.176. The molecule has 6 heteroatoms. The fourth-order valence-corrected chi connectivity index (χ4v) is 3.71. The van der Waals surface area contributed by atoms with Crippen LogP contribution < -0.4 is 5.56 Å². The molecule has 1 aromatic carbocycles. The van der Waals surface area contributed by atoms with Gasteiger partial charge in [-0.15, -0.1) is 0 Å². The van der Waals surface area contributed by atoms with Crippen LogP contribution in [-0.4, -0.2) is 37.6 Å². The van der Waals surface area contributed by atoms with Gasteiger partial charge in [-0.05, 0) is 50.8 Å². The molecule has 1 saturated heterocycles. The number of nitrogens with one attached hydrogen (secondary N) is 1. The molecular formula is C19H23N5O. The summed E-state index contributed by atoms with van der Waals surface area (Å²) in [6, 6.07) is 10.6. The molecule has 1 aliphatic heterocycles. The Balaban J connectivity index is 1.41. The van der Waals surface area contributed by atoms with Crippen LogP contribution >= 0.6 is 0 Å². The normalized spacial score (nSPS) is 16.5. The molecule has 1 fully saturated rings. The predicted octanol–water partition coefficient (Wildman–Crippen LogP) is 2.18. The quantitative estimate of drug-likeness (QED) is 0.792. The van der Waals surface area contributed by atoms with Crippen molar-refractivity contribution in [2.24, 2.45) is 5.92 Å². The van der Waals surface area contributed by atoms with Crippen molar-refractivity contribution in [3.8, 4) is 0 Å². The van der Waals surface area contributed by atoms with Crippen molar-refractivity contribution < 1.29 is 0 Å². The molecule has 130 valence electrons. The fourth-order valence-electron chi connectivity index (χ4n) is 3.71. The number of hydrogen-bond donors (Lipinski definition) is 1. The first-order valence-corrected chi connectivity index (χ1v) is 8.88. The molecule has 4 rings (SSSR count). The summed E-state index contributed by atoms with van der Waals surface area (Å²) >= 11 is 0. The smallest absolute Gasteiger partial charge is 0.277 e. The Morgan fingerprint density at radius 2 is 1.96 bits per heavy atom. The highest BCUT2D eigenvalue weighted by atomic mass is 16.1. The number of nitrogens with zero attached hydrogens (tertiary/aromatic N) is 4. The highest BCUT2D eigenvalue weighted by Crippen LogP contribution is 2.22. The maximum Gasteiger partial charge on any atom is 0.277 e. The van der Waals surface area contributed by atoms with E-state index in [1.807, 2.05) is 6.92 Å². The SMILES string of the molecule is Cc1nc2nc[nH]n2c(=O)c1CC1CCN(Cc2ccccc2)CC1. The Bertz CT molecular complexity index is 906. The zero-order valence-corrected chi connectivity index (χ0v) is 14.5. The van der Waals surface area contributed by atoms with Crippen molar-refractivity contribution in [1.29, 1.82) is 0 Å². The standard InChI is InChI=1S/C19H23N5O/c1-14-17(18(25)24-19(22-14)20-13-21-24)11-15-7-9-23(10-8-15)12-16-5-3-2-4-6-16/h2-6,13,15H,7-12H2,1H3,(H,20,21,22). The summed E-state index contributed by atoms with van der Waals surface area (Å²) in [6.07, 6.45) is 4.56. The predicted molar refractivity (Wildman–Crippen MR) is 96.5 cm³/mol.